The third-order valence-corrected chi connectivity index (χ3v) is 5.45. The summed E-state index contributed by atoms with van der Waals surface area (Å²) in [5.74, 6) is 0.214. The van der Waals surface area contributed by atoms with E-state index in [4.69, 9.17) is 9.52 Å². The van der Waals surface area contributed by atoms with Gasteiger partial charge in [-0.1, -0.05) is 30.3 Å². The first kappa shape index (κ1) is 19.7. The van der Waals surface area contributed by atoms with E-state index in [1.54, 1.807) is 23.1 Å². The topological polar surface area (TPSA) is 83.1 Å². The van der Waals surface area contributed by atoms with Crippen molar-refractivity contribution >= 4 is 40.6 Å². The van der Waals surface area contributed by atoms with E-state index in [1.165, 1.54) is 23.9 Å². The highest BCUT2D eigenvalue weighted by molar-refractivity contribution is 8.18. The van der Waals surface area contributed by atoms with Gasteiger partial charge in [-0.2, -0.15) is 0 Å². The lowest BCUT2D eigenvalue weighted by Crippen LogP contribution is -2.28. The third kappa shape index (κ3) is 4.36. The molecule has 1 amide bonds. The van der Waals surface area contributed by atoms with Gasteiger partial charge in [0.05, 0.1) is 22.7 Å². The quantitative estimate of drug-likeness (QED) is 0.584. The number of thioether (sulfide) groups is 1. The normalized spacial score (nSPS) is 16.6. The van der Waals surface area contributed by atoms with Crippen LogP contribution in [0.4, 0.5) is 5.69 Å². The molecule has 4 rings (SSSR count). The highest BCUT2D eigenvalue weighted by atomic mass is 32.2. The molecule has 3 aromatic rings. The molecule has 0 atom stereocenters. The van der Waals surface area contributed by atoms with E-state index >= 15 is 0 Å². The number of benzene rings is 2. The largest absolute Gasteiger partial charge is 0.478 e. The van der Waals surface area contributed by atoms with E-state index in [1.807, 2.05) is 49.4 Å². The minimum Gasteiger partial charge on any atom is -0.478 e. The van der Waals surface area contributed by atoms with Crippen molar-refractivity contribution in [2.75, 3.05) is 0 Å². The lowest BCUT2D eigenvalue weighted by molar-refractivity contribution is -0.122. The Labute approximate surface area is 177 Å². The summed E-state index contributed by atoms with van der Waals surface area (Å²) in [6.07, 6.45) is 1.72. The number of amides is 1. The average molecular weight is 418 g/mol. The van der Waals surface area contributed by atoms with Gasteiger partial charge < -0.3 is 9.52 Å². The predicted octanol–water partition coefficient (Wildman–Crippen LogP) is 5.09. The molecular formula is C23H18N2O4S. The number of para-hydroxylation sites is 1. The monoisotopic (exact) mass is 418 g/mol. The van der Waals surface area contributed by atoms with Crippen molar-refractivity contribution in [3.63, 3.8) is 0 Å². The number of carboxylic acid groups (broad SMARTS) is 1. The van der Waals surface area contributed by atoms with E-state index in [2.05, 4.69) is 4.99 Å². The molecule has 7 heteroatoms. The van der Waals surface area contributed by atoms with Gasteiger partial charge in [0.15, 0.2) is 5.17 Å². The maximum absolute atomic E-state index is 13.1. The van der Waals surface area contributed by atoms with E-state index < -0.39 is 5.97 Å². The molecule has 1 aromatic heterocycles. The number of carboxylic acids is 1. The van der Waals surface area contributed by atoms with Crippen molar-refractivity contribution in [1.29, 1.82) is 0 Å². The Kier molecular flexibility index (Phi) is 5.54. The minimum atomic E-state index is -0.986. The second kappa shape index (κ2) is 8.42. The molecule has 0 saturated carbocycles. The van der Waals surface area contributed by atoms with Crippen LogP contribution < -0.4 is 0 Å². The first-order chi connectivity index (χ1) is 14.5. The maximum atomic E-state index is 13.1. The average Bonchev–Trinajstić information content (AvgIpc) is 3.27. The maximum Gasteiger partial charge on any atom is 0.335 e. The van der Waals surface area contributed by atoms with Crippen LogP contribution in [-0.2, 0) is 11.3 Å². The van der Waals surface area contributed by atoms with Crippen LogP contribution in [0.3, 0.4) is 0 Å². The van der Waals surface area contributed by atoms with Crippen molar-refractivity contribution in [1.82, 2.24) is 4.90 Å². The Bertz CT molecular complexity index is 1150. The number of aromatic carboxylic acids is 1. The summed E-state index contributed by atoms with van der Waals surface area (Å²) in [6.45, 7) is 2.13. The molecule has 6 nitrogen and oxygen atoms in total. The number of furan rings is 1. The smallest absolute Gasteiger partial charge is 0.335 e. The van der Waals surface area contributed by atoms with E-state index in [0.717, 1.165) is 17.0 Å². The third-order valence-electron chi connectivity index (χ3n) is 4.45. The number of hydrogen-bond acceptors (Lipinski definition) is 5. The Morgan fingerprint density at radius 2 is 1.83 bits per heavy atom. The van der Waals surface area contributed by atoms with Crippen LogP contribution in [0.2, 0.25) is 0 Å². The fraction of sp³-hybridized carbons (Fsp3) is 0.0870. The lowest BCUT2D eigenvalue weighted by atomic mass is 10.1. The van der Waals surface area contributed by atoms with Crippen LogP contribution >= 0.6 is 11.8 Å². The Morgan fingerprint density at radius 3 is 2.47 bits per heavy atom. The molecule has 0 spiro atoms. The SMILES string of the molecule is Cc1ccc(C=C2SC(=Nc3ccccc3)N(Cc3ccc(C(=O)O)cc3)C2=O)o1. The number of aliphatic imine (C=N–C) groups is 1. The van der Waals surface area contributed by atoms with Gasteiger partial charge in [-0.25, -0.2) is 9.79 Å². The van der Waals surface area contributed by atoms with Crippen LogP contribution in [0, 0.1) is 6.92 Å². The molecule has 0 aliphatic carbocycles. The molecular weight excluding hydrogens is 400 g/mol. The molecule has 1 saturated heterocycles. The first-order valence-corrected chi connectivity index (χ1v) is 10.0. The Hall–Kier alpha value is -3.58. The summed E-state index contributed by atoms with van der Waals surface area (Å²) in [5, 5.41) is 9.64. The van der Waals surface area contributed by atoms with Crippen LogP contribution in [0.25, 0.3) is 6.08 Å². The summed E-state index contributed by atoms with van der Waals surface area (Å²) >= 11 is 1.29. The summed E-state index contributed by atoms with van der Waals surface area (Å²) in [5.41, 5.74) is 1.76. The highest BCUT2D eigenvalue weighted by Crippen LogP contribution is 2.35. The highest BCUT2D eigenvalue weighted by Gasteiger charge is 2.33. The molecule has 0 unspecified atom stereocenters. The number of hydrogen-bond donors (Lipinski definition) is 1. The van der Waals surface area contributed by atoms with Gasteiger partial charge in [0, 0.05) is 6.08 Å². The van der Waals surface area contributed by atoms with Crippen molar-refractivity contribution in [3.8, 4) is 0 Å². The molecule has 2 aromatic carbocycles. The number of aryl methyl sites for hydroxylation is 1. The van der Waals surface area contributed by atoms with Crippen LogP contribution in [0.15, 0.2) is 81.0 Å². The molecule has 1 aliphatic rings. The molecule has 150 valence electrons. The van der Waals surface area contributed by atoms with Gasteiger partial charge in [0.2, 0.25) is 0 Å². The lowest BCUT2D eigenvalue weighted by Gasteiger charge is -2.16. The second-order valence-electron chi connectivity index (χ2n) is 6.68. The fourth-order valence-corrected chi connectivity index (χ4v) is 3.92. The molecule has 1 N–H and O–H groups in total. The molecule has 0 bridgehead atoms. The molecule has 2 heterocycles. The van der Waals surface area contributed by atoms with Gasteiger partial charge in [-0.05, 0) is 60.6 Å². The number of carbonyl (C=O) groups is 2. The van der Waals surface area contributed by atoms with Crippen LogP contribution in [0.1, 0.15) is 27.4 Å². The van der Waals surface area contributed by atoms with E-state index in [0.29, 0.717) is 15.8 Å². The number of nitrogens with zero attached hydrogens (tertiary/aromatic N) is 2. The Morgan fingerprint density at radius 1 is 1.10 bits per heavy atom. The van der Waals surface area contributed by atoms with E-state index in [-0.39, 0.29) is 18.0 Å². The number of amidine groups is 1. The summed E-state index contributed by atoms with van der Waals surface area (Å²) in [7, 11) is 0. The molecule has 1 fully saturated rings. The summed E-state index contributed by atoms with van der Waals surface area (Å²) < 4.78 is 5.58. The first-order valence-electron chi connectivity index (χ1n) is 9.23. The molecule has 30 heavy (non-hydrogen) atoms. The van der Waals surface area contributed by atoms with Gasteiger partial charge in [-0.3, -0.25) is 9.69 Å². The number of carbonyl (C=O) groups excluding carboxylic acids is 1. The minimum absolute atomic E-state index is 0.175. The molecule has 0 radical (unpaired) electrons. The van der Waals surface area contributed by atoms with Crippen molar-refractivity contribution < 1.29 is 19.1 Å². The van der Waals surface area contributed by atoms with Gasteiger partial charge in [0.25, 0.3) is 5.91 Å². The number of rotatable bonds is 5. The zero-order valence-electron chi connectivity index (χ0n) is 16.1. The van der Waals surface area contributed by atoms with Gasteiger partial charge in [-0.15, -0.1) is 0 Å². The Balaban J connectivity index is 1.66. The van der Waals surface area contributed by atoms with Crippen molar-refractivity contribution in [2.45, 2.75) is 13.5 Å². The zero-order valence-corrected chi connectivity index (χ0v) is 16.9. The van der Waals surface area contributed by atoms with Crippen molar-refractivity contribution in [3.05, 3.63) is 94.3 Å². The van der Waals surface area contributed by atoms with Crippen LogP contribution in [0.5, 0.6) is 0 Å². The predicted molar refractivity (Wildman–Crippen MR) is 117 cm³/mol. The van der Waals surface area contributed by atoms with Gasteiger partial charge in [0.1, 0.15) is 11.5 Å². The van der Waals surface area contributed by atoms with Crippen LogP contribution in [-0.4, -0.2) is 27.1 Å². The fourth-order valence-electron chi connectivity index (χ4n) is 2.94. The summed E-state index contributed by atoms with van der Waals surface area (Å²) in [4.78, 5) is 31.0. The standard InChI is InChI=1S/C23H18N2O4S/c1-15-7-12-19(29-15)13-20-21(26)25(14-16-8-10-17(11-9-16)22(27)28)23(30-20)24-18-5-3-2-4-6-18/h2-13H,14H2,1H3,(H,27,28). The molecule has 1 aliphatic heterocycles. The van der Waals surface area contributed by atoms with E-state index in [9.17, 15) is 9.59 Å². The zero-order chi connectivity index (χ0) is 21.1. The summed E-state index contributed by atoms with van der Waals surface area (Å²) in [6, 6.07) is 19.6. The van der Waals surface area contributed by atoms with Gasteiger partial charge >= 0.3 is 5.97 Å². The van der Waals surface area contributed by atoms with Crippen molar-refractivity contribution in [2.24, 2.45) is 4.99 Å². The second-order valence-corrected chi connectivity index (χ2v) is 7.69.